The maximum absolute atomic E-state index is 12.3. The first-order chi connectivity index (χ1) is 10.2. The smallest absolute Gasteiger partial charge is 0.396 e. The first kappa shape index (κ1) is 18.7. The van der Waals surface area contributed by atoms with Gasteiger partial charge in [-0.1, -0.05) is 20.3 Å². The first-order valence-corrected chi connectivity index (χ1v) is 7.45. The molecule has 0 unspecified atom stereocenters. The molecule has 3 N–H and O–H groups in total. The van der Waals surface area contributed by atoms with E-state index in [2.05, 4.69) is 5.32 Å². The lowest BCUT2D eigenvalue weighted by Gasteiger charge is -2.26. The molecule has 1 aliphatic rings. The molecular weight excluding hydrogens is 301 g/mol. The van der Waals surface area contributed by atoms with E-state index >= 15 is 0 Å². The molecule has 2 amide bonds. The van der Waals surface area contributed by atoms with Gasteiger partial charge in [0.15, 0.2) is 0 Å². The number of amides is 2. The number of nitrogens with one attached hydrogen (secondary N) is 2. The Bertz CT molecular complexity index is 399. The minimum Gasteiger partial charge on any atom is -0.396 e. The van der Waals surface area contributed by atoms with E-state index in [9.17, 15) is 22.8 Å². The van der Waals surface area contributed by atoms with Gasteiger partial charge in [0.1, 0.15) is 6.04 Å². The van der Waals surface area contributed by atoms with Crippen LogP contribution in [0.4, 0.5) is 13.2 Å². The van der Waals surface area contributed by atoms with Crippen molar-refractivity contribution < 1.29 is 27.9 Å². The first-order valence-electron chi connectivity index (χ1n) is 7.45. The Balaban J connectivity index is 2.67. The summed E-state index contributed by atoms with van der Waals surface area (Å²) in [4.78, 5) is 23.2. The fourth-order valence-electron chi connectivity index (χ4n) is 2.77. The molecule has 0 spiro atoms. The largest absolute Gasteiger partial charge is 0.471 e. The lowest BCUT2D eigenvalue weighted by atomic mass is 9.98. The van der Waals surface area contributed by atoms with Gasteiger partial charge < -0.3 is 15.7 Å². The summed E-state index contributed by atoms with van der Waals surface area (Å²) in [5.41, 5.74) is 0. The van der Waals surface area contributed by atoms with Gasteiger partial charge in [0, 0.05) is 12.6 Å². The number of rotatable bonds is 6. The SMILES string of the molecule is CC(C)[C@H](NC(=O)C(F)(F)F)C(=O)N[C@@H]1CCC[C@@H]1CCO. The van der Waals surface area contributed by atoms with Crippen molar-refractivity contribution in [2.75, 3.05) is 6.61 Å². The van der Waals surface area contributed by atoms with Crippen LogP contribution < -0.4 is 10.6 Å². The minimum atomic E-state index is -5.01. The van der Waals surface area contributed by atoms with Crippen molar-refractivity contribution in [2.24, 2.45) is 11.8 Å². The van der Waals surface area contributed by atoms with E-state index < -0.39 is 30.0 Å². The van der Waals surface area contributed by atoms with E-state index in [1.807, 2.05) is 0 Å². The average Bonchev–Trinajstić information content (AvgIpc) is 2.81. The summed E-state index contributed by atoms with van der Waals surface area (Å²) in [6, 6.07) is -1.40. The normalized spacial score (nSPS) is 23.4. The van der Waals surface area contributed by atoms with Crippen molar-refractivity contribution in [3.8, 4) is 0 Å². The van der Waals surface area contributed by atoms with Crippen LogP contribution in [0.3, 0.4) is 0 Å². The zero-order valence-corrected chi connectivity index (χ0v) is 12.7. The van der Waals surface area contributed by atoms with Gasteiger partial charge in [-0.25, -0.2) is 0 Å². The third kappa shape index (κ3) is 5.15. The number of aliphatic hydroxyl groups excluding tert-OH is 1. The summed E-state index contributed by atoms with van der Waals surface area (Å²) in [5.74, 6) is -3.06. The molecule has 3 atom stereocenters. The molecule has 5 nitrogen and oxygen atoms in total. The van der Waals surface area contributed by atoms with Gasteiger partial charge in [-0.05, 0) is 31.1 Å². The maximum Gasteiger partial charge on any atom is 0.471 e. The van der Waals surface area contributed by atoms with Crippen molar-refractivity contribution in [1.82, 2.24) is 10.6 Å². The van der Waals surface area contributed by atoms with Crippen LogP contribution in [0.15, 0.2) is 0 Å². The van der Waals surface area contributed by atoms with Gasteiger partial charge in [-0.15, -0.1) is 0 Å². The molecular formula is C14H23F3N2O3. The van der Waals surface area contributed by atoms with Gasteiger partial charge in [0.25, 0.3) is 0 Å². The van der Waals surface area contributed by atoms with Crippen LogP contribution >= 0.6 is 0 Å². The zero-order chi connectivity index (χ0) is 16.9. The van der Waals surface area contributed by atoms with E-state index in [1.54, 1.807) is 19.2 Å². The monoisotopic (exact) mass is 324 g/mol. The number of hydrogen-bond acceptors (Lipinski definition) is 3. The number of carbonyl (C=O) groups excluding carboxylic acids is 2. The van der Waals surface area contributed by atoms with Gasteiger partial charge in [0.05, 0.1) is 0 Å². The molecule has 1 aliphatic carbocycles. The lowest BCUT2D eigenvalue weighted by molar-refractivity contribution is -0.175. The maximum atomic E-state index is 12.3. The number of alkyl halides is 3. The second-order valence-corrected chi connectivity index (χ2v) is 6.01. The third-order valence-corrected chi connectivity index (χ3v) is 3.98. The Morgan fingerprint density at radius 1 is 1.27 bits per heavy atom. The van der Waals surface area contributed by atoms with Gasteiger partial charge in [0.2, 0.25) is 5.91 Å². The average molecular weight is 324 g/mol. The number of hydrogen-bond donors (Lipinski definition) is 3. The highest BCUT2D eigenvalue weighted by Gasteiger charge is 2.42. The summed E-state index contributed by atoms with van der Waals surface area (Å²) in [5, 5.41) is 13.5. The Kier molecular flexibility index (Phi) is 6.65. The third-order valence-electron chi connectivity index (χ3n) is 3.98. The number of aliphatic hydroxyl groups is 1. The minimum absolute atomic E-state index is 0.00938. The lowest BCUT2D eigenvalue weighted by Crippen LogP contribution is -2.55. The van der Waals surface area contributed by atoms with Crippen molar-refractivity contribution in [3.05, 3.63) is 0 Å². The second-order valence-electron chi connectivity index (χ2n) is 6.01. The van der Waals surface area contributed by atoms with Crippen molar-refractivity contribution in [2.45, 2.75) is 57.8 Å². The molecule has 0 bridgehead atoms. The molecule has 0 aliphatic heterocycles. The molecule has 1 saturated carbocycles. The molecule has 0 heterocycles. The van der Waals surface area contributed by atoms with Crippen molar-refractivity contribution >= 4 is 11.8 Å². The van der Waals surface area contributed by atoms with E-state index in [0.717, 1.165) is 19.3 Å². The van der Waals surface area contributed by atoms with Gasteiger partial charge in [-0.2, -0.15) is 13.2 Å². The summed E-state index contributed by atoms with van der Waals surface area (Å²) in [6.45, 7) is 3.15. The van der Waals surface area contributed by atoms with E-state index in [1.165, 1.54) is 0 Å². The standard InChI is InChI=1S/C14H23F3N2O3/c1-8(2)11(19-13(22)14(15,16)17)12(21)18-10-5-3-4-9(10)6-7-20/h8-11,20H,3-7H2,1-2H3,(H,18,21)(H,19,22)/t9-,10-,11+/m1/s1. The molecule has 128 valence electrons. The van der Waals surface area contributed by atoms with Crippen LogP contribution in [0.1, 0.15) is 39.5 Å². The topological polar surface area (TPSA) is 78.4 Å². The molecule has 1 rings (SSSR count). The van der Waals surface area contributed by atoms with E-state index in [4.69, 9.17) is 5.11 Å². The van der Waals surface area contributed by atoms with Crippen LogP contribution in [-0.4, -0.2) is 41.8 Å². The Morgan fingerprint density at radius 3 is 2.41 bits per heavy atom. The molecule has 1 fully saturated rings. The summed E-state index contributed by atoms with van der Waals surface area (Å²) in [7, 11) is 0. The molecule has 22 heavy (non-hydrogen) atoms. The van der Waals surface area contributed by atoms with Crippen molar-refractivity contribution in [1.29, 1.82) is 0 Å². The van der Waals surface area contributed by atoms with Crippen LogP contribution in [-0.2, 0) is 9.59 Å². The quantitative estimate of drug-likeness (QED) is 0.690. The number of carbonyl (C=O) groups is 2. The predicted molar refractivity (Wildman–Crippen MR) is 73.8 cm³/mol. The molecule has 0 aromatic heterocycles. The molecule has 0 aromatic carbocycles. The van der Waals surface area contributed by atoms with Crippen LogP contribution in [0, 0.1) is 11.8 Å². The number of halogens is 3. The van der Waals surface area contributed by atoms with Gasteiger partial charge >= 0.3 is 12.1 Å². The highest BCUT2D eigenvalue weighted by atomic mass is 19.4. The Hall–Kier alpha value is -1.31. The Labute approximate surface area is 127 Å². The molecule has 0 aromatic rings. The van der Waals surface area contributed by atoms with Crippen molar-refractivity contribution in [3.63, 3.8) is 0 Å². The molecule has 8 heteroatoms. The fourth-order valence-corrected chi connectivity index (χ4v) is 2.77. The Morgan fingerprint density at radius 2 is 1.91 bits per heavy atom. The molecule has 0 saturated heterocycles. The summed E-state index contributed by atoms with van der Waals surface area (Å²) in [6.07, 6.45) is -1.97. The zero-order valence-electron chi connectivity index (χ0n) is 12.7. The van der Waals surface area contributed by atoms with Crippen LogP contribution in [0.25, 0.3) is 0 Å². The summed E-state index contributed by atoms with van der Waals surface area (Å²) < 4.78 is 37.0. The van der Waals surface area contributed by atoms with Gasteiger partial charge in [-0.3, -0.25) is 9.59 Å². The predicted octanol–water partition coefficient (Wildman–Crippen LogP) is 1.36. The fraction of sp³-hybridized carbons (Fsp3) is 0.857. The highest BCUT2D eigenvalue weighted by Crippen LogP contribution is 2.28. The highest BCUT2D eigenvalue weighted by molar-refractivity contribution is 5.90. The van der Waals surface area contributed by atoms with E-state index in [0.29, 0.717) is 6.42 Å². The van der Waals surface area contributed by atoms with Crippen LogP contribution in [0.5, 0.6) is 0 Å². The van der Waals surface area contributed by atoms with E-state index in [-0.39, 0.29) is 18.6 Å². The molecule has 0 radical (unpaired) electrons. The second kappa shape index (κ2) is 7.80. The van der Waals surface area contributed by atoms with Crippen LogP contribution in [0.2, 0.25) is 0 Å². The summed E-state index contributed by atoms with van der Waals surface area (Å²) >= 11 is 0.